The molecule has 2 atom stereocenters. The molecule has 21 heavy (non-hydrogen) atoms. The Morgan fingerprint density at radius 2 is 1.90 bits per heavy atom. The first kappa shape index (κ1) is 18.5. The van der Waals surface area contributed by atoms with E-state index >= 15 is 0 Å². The fourth-order valence-electron chi connectivity index (χ4n) is 2.64. The summed E-state index contributed by atoms with van der Waals surface area (Å²) in [5.74, 6) is 0. The summed E-state index contributed by atoms with van der Waals surface area (Å²) >= 11 is 6.41. The van der Waals surface area contributed by atoms with Crippen LogP contribution in [0.3, 0.4) is 0 Å². The largest absolute Gasteiger partial charge is 0.390 e. The molecule has 0 radical (unpaired) electrons. The molecule has 0 amide bonds. The van der Waals surface area contributed by atoms with Crippen LogP contribution in [0.2, 0.25) is 5.02 Å². The summed E-state index contributed by atoms with van der Waals surface area (Å²) in [4.78, 5) is 0. The average Bonchev–Trinajstić information content (AvgIpc) is 2.71. The van der Waals surface area contributed by atoms with E-state index in [1.807, 2.05) is 25.5 Å². The molecular formula is C16H29ClN2O2. The maximum Gasteiger partial charge on any atom is 0.0885 e. The predicted molar refractivity (Wildman–Crippen MR) is 86.9 cm³/mol. The SMILES string of the molecule is CCOC(C(O)Cc1c(Cl)c(CC)nn1CC)C(C)(C)C. The lowest BCUT2D eigenvalue weighted by Gasteiger charge is -2.34. The van der Waals surface area contributed by atoms with E-state index in [0.29, 0.717) is 18.1 Å². The molecular weight excluding hydrogens is 288 g/mol. The number of hydrogen-bond donors (Lipinski definition) is 1. The topological polar surface area (TPSA) is 47.3 Å². The first-order valence-corrected chi connectivity index (χ1v) is 8.17. The summed E-state index contributed by atoms with van der Waals surface area (Å²) < 4.78 is 7.65. The van der Waals surface area contributed by atoms with Gasteiger partial charge in [0.2, 0.25) is 0 Å². The fraction of sp³-hybridized carbons (Fsp3) is 0.812. The van der Waals surface area contributed by atoms with Crippen LogP contribution in [0.25, 0.3) is 0 Å². The minimum atomic E-state index is -0.603. The molecule has 4 nitrogen and oxygen atoms in total. The fourth-order valence-corrected chi connectivity index (χ4v) is 2.98. The van der Waals surface area contributed by atoms with Gasteiger partial charge in [-0.2, -0.15) is 5.10 Å². The van der Waals surface area contributed by atoms with E-state index in [4.69, 9.17) is 16.3 Å². The molecule has 0 aliphatic rings. The number of aliphatic hydroxyl groups is 1. The zero-order chi connectivity index (χ0) is 16.2. The van der Waals surface area contributed by atoms with Gasteiger partial charge in [0, 0.05) is 19.6 Å². The van der Waals surface area contributed by atoms with Crippen molar-refractivity contribution >= 4 is 11.6 Å². The van der Waals surface area contributed by atoms with Crippen LogP contribution in [-0.4, -0.2) is 33.7 Å². The van der Waals surface area contributed by atoms with E-state index in [1.54, 1.807) is 0 Å². The number of ether oxygens (including phenoxy) is 1. The van der Waals surface area contributed by atoms with Crippen LogP contribution < -0.4 is 0 Å². The Morgan fingerprint density at radius 3 is 2.33 bits per heavy atom. The normalized spacial score (nSPS) is 15.2. The van der Waals surface area contributed by atoms with Gasteiger partial charge < -0.3 is 9.84 Å². The highest BCUT2D eigenvalue weighted by Crippen LogP contribution is 2.29. The molecule has 0 spiro atoms. The highest BCUT2D eigenvalue weighted by atomic mass is 35.5. The molecule has 1 N–H and O–H groups in total. The number of aryl methyl sites for hydroxylation is 2. The van der Waals surface area contributed by atoms with Gasteiger partial charge in [-0.15, -0.1) is 0 Å². The zero-order valence-electron chi connectivity index (χ0n) is 14.1. The lowest BCUT2D eigenvalue weighted by atomic mass is 9.84. The molecule has 0 aliphatic carbocycles. The summed E-state index contributed by atoms with van der Waals surface area (Å²) in [5, 5.41) is 15.8. The van der Waals surface area contributed by atoms with Gasteiger partial charge >= 0.3 is 0 Å². The Morgan fingerprint density at radius 1 is 1.29 bits per heavy atom. The third-order valence-electron chi connectivity index (χ3n) is 3.65. The van der Waals surface area contributed by atoms with Gasteiger partial charge in [0.05, 0.1) is 28.6 Å². The van der Waals surface area contributed by atoms with Crippen molar-refractivity contribution in [2.24, 2.45) is 5.41 Å². The van der Waals surface area contributed by atoms with Crippen LogP contribution in [0.4, 0.5) is 0 Å². The van der Waals surface area contributed by atoms with Crippen LogP contribution in [-0.2, 0) is 24.1 Å². The third kappa shape index (κ3) is 4.44. The Bertz CT molecular complexity index is 452. The molecule has 1 heterocycles. The molecule has 0 bridgehead atoms. The smallest absolute Gasteiger partial charge is 0.0885 e. The summed E-state index contributed by atoms with van der Waals surface area (Å²) in [5.41, 5.74) is 1.66. The standard InChI is InChI=1S/C16H29ClN2O2/c1-7-11-14(17)12(19(8-2)18-11)10-13(20)15(21-9-3)16(4,5)6/h13,15,20H,7-10H2,1-6H3. The molecule has 1 aromatic heterocycles. The first-order valence-electron chi connectivity index (χ1n) is 7.79. The maximum atomic E-state index is 10.6. The molecule has 0 aliphatic heterocycles. The number of aliphatic hydroxyl groups excluding tert-OH is 1. The minimum Gasteiger partial charge on any atom is -0.390 e. The van der Waals surface area contributed by atoms with E-state index in [1.165, 1.54) is 0 Å². The van der Waals surface area contributed by atoms with Crippen molar-refractivity contribution < 1.29 is 9.84 Å². The van der Waals surface area contributed by atoms with Gasteiger partial charge in [0.15, 0.2) is 0 Å². The highest BCUT2D eigenvalue weighted by Gasteiger charge is 2.33. The molecule has 0 aromatic carbocycles. The molecule has 1 rings (SSSR count). The minimum absolute atomic E-state index is 0.132. The number of halogens is 1. The van der Waals surface area contributed by atoms with Gasteiger partial charge in [-0.1, -0.05) is 39.3 Å². The monoisotopic (exact) mass is 316 g/mol. The summed E-state index contributed by atoms with van der Waals surface area (Å²) in [7, 11) is 0. The summed E-state index contributed by atoms with van der Waals surface area (Å²) in [6.07, 6.45) is 0.419. The van der Waals surface area contributed by atoms with Crippen LogP contribution in [0, 0.1) is 5.41 Å². The Kier molecular flexibility index (Phi) is 6.70. The quantitative estimate of drug-likeness (QED) is 0.838. The molecule has 122 valence electrons. The second-order valence-electron chi connectivity index (χ2n) is 6.39. The Labute approximate surface area is 133 Å². The summed E-state index contributed by atoms with van der Waals surface area (Å²) in [6.45, 7) is 13.6. The highest BCUT2D eigenvalue weighted by molar-refractivity contribution is 6.31. The van der Waals surface area contributed by atoms with Crippen molar-refractivity contribution in [1.82, 2.24) is 9.78 Å². The van der Waals surface area contributed by atoms with Crippen LogP contribution >= 0.6 is 11.6 Å². The predicted octanol–water partition coefficient (Wildman–Crippen LogP) is 3.47. The van der Waals surface area contributed by atoms with E-state index in [0.717, 1.165) is 24.4 Å². The van der Waals surface area contributed by atoms with Crippen molar-refractivity contribution in [3.05, 3.63) is 16.4 Å². The Hall–Kier alpha value is -0.580. The van der Waals surface area contributed by atoms with E-state index in [2.05, 4.69) is 25.9 Å². The average molecular weight is 317 g/mol. The molecule has 2 unspecified atom stereocenters. The van der Waals surface area contributed by atoms with Gasteiger partial charge in [0.1, 0.15) is 0 Å². The van der Waals surface area contributed by atoms with E-state index < -0.39 is 6.10 Å². The molecule has 5 heteroatoms. The summed E-state index contributed by atoms with van der Waals surface area (Å²) in [6, 6.07) is 0. The van der Waals surface area contributed by atoms with Crippen molar-refractivity contribution in [2.45, 2.75) is 73.1 Å². The molecule has 0 saturated carbocycles. The lowest BCUT2D eigenvalue weighted by molar-refractivity contribution is -0.0878. The van der Waals surface area contributed by atoms with E-state index in [-0.39, 0.29) is 11.5 Å². The number of aromatic nitrogens is 2. The number of hydrogen-bond acceptors (Lipinski definition) is 3. The first-order chi connectivity index (χ1) is 9.76. The second kappa shape index (κ2) is 7.61. The van der Waals surface area contributed by atoms with Crippen molar-refractivity contribution in [2.75, 3.05) is 6.61 Å². The number of nitrogens with zero attached hydrogens (tertiary/aromatic N) is 2. The lowest BCUT2D eigenvalue weighted by Crippen LogP contribution is -2.41. The van der Waals surface area contributed by atoms with Crippen molar-refractivity contribution in [3.63, 3.8) is 0 Å². The molecule has 0 saturated heterocycles. The van der Waals surface area contributed by atoms with Gasteiger partial charge in [-0.25, -0.2) is 0 Å². The van der Waals surface area contributed by atoms with Gasteiger partial charge in [0.25, 0.3) is 0 Å². The Balaban J connectivity index is 3.00. The van der Waals surface area contributed by atoms with Crippen LogP contribution in [0.1, 0.15) is 52.9 Å². The van der Waals surface area contributed by atoms with Crippen molar-refractivity contribution in [1.29, 1.82) is 0 Å². The van der Waals surface area contributed by atoms with E-state index in [9.17, 15) is 5.11 Å². The number of rotatable bonds is 7. The van der Waals surface area contributed by atoms with Crippen LogP contribution in [0.15, 0.2) is 0 Å². The molecule has 0 fully saturated rings. The third-order valence-corrected chi connectivity index (χ3v) is 4.08. The maximum absolute atomic E-state index is 10.6. The second-order valence-corrected chi connectivity index (χ2v) is 6.77. The van der Waals surface area contributed by atoms with Gasteiger partial charge in [-0.3, -0.25) is 4.68 Å². The van der Waals surface area contributed by atoms with Crippen LogP contribution in [0.5, 0.6) is 0 Å². The zero-order valence-corrected chi connectivity index (χ0v) is 14.9. The molecule has 1 aromatic rings. The van der Waals surface area contributed by atoms with Crippen molar-refractivity contribution in [3.8, 4) is 0 Å². The van der Waals surface area contributed by atoms with Gasteiger partial charge in [-0.05, 0) is 25.7 Å².